The molecule has 2 aliphatic heterocycles. The second-order valence-electron chi connectivity index (χ2n) is 3.79. The number of nitrogens with zero attached hydrogens (tertiary/aromatic N) is 2. The first kappa shape index (κ1) is 9.18. The first-order valence-electron chi connectivity index (χ1n) is 4.76. The van der Waals surface area contributed by atoms with E-state index in [-0.39, 0.29) is 5.56 Å². The molecule has 15 heavy (non-hydrogen) atoms. The van der Waals surface area contributed by atoms with E-state index in [9.17, 15) is 13.2 Å². The average molecular weight is 214 g/mol. The Morgan fingerprint density at radius 2 is 1.60 bits per heavy atom. The van der Waals surface area contributed by atoms with Crippen LogP contribution in [0.15, 0.2) is 30.3 Å². The highest BCUT2D eigenvalue weighted by Gasteiger charge is 2.85. The maximum atomic E-state index is 14.1. The van der Waals surface area contributed by atoms with Crippen LogP contribution in [0.1, 0.15) is 5.56 Å². The van der Waals surface area contributed by atoms with Crippen molar-refractivity contribution in [3.63, 3.8) is 0 Å². The molecule has 0 saturated carbocycles. The van der Waals surface area contributed by atoms with Crippen LogP contribution >= 0.6 is 0 Å². The van der Waals surface area contributed by atoms with Gasteiger partial charge in [-0.2, -0.15) is 8.78 Å². The summed E-state index contributed by atoms with van der Waals surface area (Å²) in [6.45, 7) is 1.02. The smallest absolute Gasteiger partial charge is 0.231 e. The number of benzene rings is 1. The van der Waals surface area contributed by atoms with Gasteiger partial charge in [0, 0.05) is 18.7 Å². The van der Waals surface area contributed by atoms with Gasteiger partial charge >= 0.3 is 6.05 Å². The van der Waals surface area contributed by atoms with E-state index >= 15 is 0 Å². The molecular weight excluding hydrogens is 205 g/mol. The predicted molar refractivity (Wildman–Crippen MR) is 47.6 cm³/mol. The van der Waals surface area contributed by atoms with Crippen molar-refractivity contribution in [3.8, 4) is 0 Å². The van der Waals surface area contributed by atoms with Gasteiger partial charge in [-0.15, -0.1) is 5.01 Å². The molecule has 3 rings (SSSR count). The Kier molecular flexibility index (Phi) is 1.55. The number of rotatable bonds is 2. The molecule has 0 spiro atoms. The third-order valence-electron chi connectivity index (χ3n) is 2.77. The number of hydrogen-bond donors (Lipinski definition) is 0. The van der Waals surface area contributed by atoms with E-state index in [1.165, 1.54) is 17.1 Å². The van der Waals surface area contributed by atoms with Gasteiger partial charge < -0.3 is 0 Å². The van der Waals surface area contributed by atoms with Crippen molar-refractivity contribution in [1.82, 2.24) is 10.0 Å². The molecular formula is C10H9F3N2. The quantitative estimate of drug-likeness (QED) is 0.548. The lowest BCUT2D eigenvalue weighted by Gasteiger charge is -2.05. The molecule has 2 saturated heterocycles. The van der Waals surface area contributed by atoms with E-state index < -0.39 is 11.8 Å². The van der Waals surface area contributed by atoms with E-state index in [1.807, 2.05) is 0 Å². The minimum Gasteiger partial charge on any atom is -0.231 e. The van der Waals surface area contributed by atoms with Gasteiger partial charge in [-0.25, -0.2) is 9.40 Å². The van der Waals surface area contributed by atoms with Crippen LogP contribution in [0.5, 0.6) is 0 Å². The fourth-order valence-electron chi connectivity index (χ4n) is 1.84. The van der Waals surface area contributed by atoms with E-state index in [0.29, 0.717) is 18.1 Å². The molecule has 0 amide bonds. The van der Waals surface area contributed by atoms with E-state index in [2.05, 4.69) is 0 Å². The fraction of sp³-hybridized carbons (Fsp3) is 0.400. The predicted octanol–water partition coefficient (Wildman–Crippen LogP) is 1.95. The standard InChI is InChI=1S/C10H9F3N2/c11-9(8-4-2-1-3-5-8)10(12,13)15(9)14-6-7-14/h1-5H,6-7H2. The largest absolute Gasteiger partial charge is 0.373 e. The van der Waals surface area contributed by atoms with Crippen LogP contribution in [-0.4, -0.2) is 29.2 Å². The third kappa shape index (κ3) is 1.02. The van der Waals surface area contributed by atoms with Crippen LogP contribution in [0.3, 0.4) is 0 Å². The van der Waals surface area contributed by atoms with Gasteiger partial charge in [-0.3, -0.25) is 0 Å². The van der Waals surface area contributed by atoms with Crippen LogP contribution in [0.2, 0.25) is 0 Å². The van der Waals surface area contributed by atoms with Gasteiger partial charge in [0.1, 0.15) is 0 Å². The zero-order valence-electron chi connectivity index (χ0n) is 7.83. The topological polar surface area (TPSA) is 6.02 Å². The molecule has 2 heterocycles. The second-order valence-corrected chi connectivity index (χ2v) is 3.79. The van der Waals surface area contributed by atoms with Gasteiger partial charge in [0.25, 0.3) is 5.79 Å². The lowest BCUT2D eigenvalue weighted by Crippen LogP contribution is -2.15. The monoisotopic (exact) mass is 214 g/mol. The first-order valence-corrected chi connectivity index (χ1v) is 4.76. The molecule has 0 radical (unpaired) electrons. The molecule has 2 atom stereocenters. The maximum Gasteiger partial charge on any atom is 0.373 e. The molecule has 1 aromatic rings. The van der Waals surface area contributed by atoms with Gasteiger partial charge in [0.2, 0.25) is 0 Å². The summed E-state index contributed by atoms with van der Waals surface area (Å²) in [5.41, 5.74) is 0.0156. The van der Waals surface area contributed by atoms with Gasteiger partial charge in [0.05, 0.1) is 0 Å². The Bertz CT molecular complexity index is 391. The Morgan fingerprint density at radius 1 is 1.00 bits per heavy atom. The van der Waals surface area contributed by atoms with Crippen LogP contribution < -0.4 is 0 Å². The van der Waals surface area contributed by atoms with Gasteiger partial charge in [-0.05, 0) is 0 Å². The molecule has 0 N–H and O–H groups in total. The molecule has 1 aromatic carbocycles. The summed E-state index contributed by atoms with van der Waals surface area (Å²) in [5, 5.41) is 1.84. The SMILES string of the molecule is FC1(F)N(N2CC2)C1(F)c1ccccc1. The Labute approximate surface area is 84.9 Å². The molecule has 0 aliphatic carbocycles. The summed E-state index contributed by atoms with van der Waals surface area (Å²) in [6.07, 6.45) is 0. The van der Waals surface area contributed by atoms with Crippen LogP contribution in [0, 0.1) is 0 Å². The molecule has 2 aliphatic rings. The maximum absolute atomic E-state index is 14.1. The highest BCUT2D eigenvalue weighted by Crippen LogP contribution is 2.64. The minimum atomic E-state index is -3.40. The molecule has 0 aromatic heterocycles. The zero-order valence-corrected chi connectivity index (χ0v) is 7.83. The van der Waals surface area contributed by atoms with Gasteiger partial charge in [-0.1, -0.05) is 30.3 Å². The summed E-state index contributed by atoms with van der Waals surface area (Å²) in [5.74, 6) is -2.63. The summed E-state index contributed by atoms with van der Waals surface area (Å²) < 4.78 is 40.8. The Morgan fingerprint density at radius 3 is 2.13 bits per heavy atom. The third-order valence-corrected chi connectivity index (χ3v) is 2.77. The van der Waals surface area contributed by atoms with Crippen molar-refractivity contribution in [2.75, 3.05) is 13.1 Å². The fourth-order valence-corrected chi connectivity index (χ4v) is 1.84. The number of alkyl halides is 3. The molecule has 80 valence electrons. The van der Waals surface area contributed by atoms with Crippen molar-refractivity contribution < 1.29 is 13.2 Å². The molecule has 2 nitrogen and oxygen atoms in total. The minimum absolute atomic E-state index is 0.0156. The summed E-state index contributed by atoms with van der Waals surface area (Å²) in [6, 6.07) is 4.17. The van der Waals surface area contributed by atoms with Crippen molar-refractivity contribution in [3.05, 3.63) is 35.9 Å². The Balaban J connectivity index is 1.98. The molecule has 2 unspecified atom stereocenters. The van der Waals surface area contributed by atoms with Crippen molar-refractivity contribution in [2.24, 2.45) is 0 Å². The summed E-state index contributed by atoms with van der Waals surface area (Å²) in [4.78, 5) is 0. The van der Waals surface area contributed by atoms with Crippen molar-refractivity contribution >= 4 is 0 Å². The van der Waals surface area contributed by atoms with Crippen molar-refractivity contribution in [1.29, 1.82) is 0 Å². The van der Waals surface area contributed by atoms with Crippen LogP contribution in [0.4, 0.5) is 13.2 Å². The lowest BCUT2D eigenvalue weighted by atomic mass is 10.1. The van der Waals surface area contributed by atoms with E-state index in [1.54, 1.807) is 18.2 Å². The van der Waals surface area contributed by atoms with E-state index in [0.717, 1.165) is 0 Å². The normalized spacial score (nSPS) is 37.7. The number of halogens is 3. The summed E-state index contributed by atoms with van der Waals surface area (Å²) >= 11 is 0. The van der Waals surface area contributed by atoms with Crippen LogP contribution in [-0.2, 0) is 5.79 Å². The number of hydrogen-bond acceptors (Lipinski definition) is 2. The molecule has 5 heteroatoms. The lowest BCUT2D eigenvalue weighted by molar-refractivity contribution is -0.00338. The number of hydrazine groups is 1. The van der Waals surface area contributed by atoms with Crippen molar-refractivity contribution in [2.45, 2.75) is 11.8 Å². The highest BCUT2D eigenvalue weighted by atomic mass is 19.3. The zero-order chi connectivity index (χ0) is 10.7. The summed E-state index contributed by atoms with van der Waals surface area (Å²) in [7, 11) is 0. The molecule has 0 bridgehead atoms. The second kappa shape index (κ2) is 2.54. The molecule has 2 fully saturated rings. The van der Waals surface area contributed by atoms with Crippen LogP contribution in [0.25, 0.3) is 0 Å². The first-order chi connectivity index (χ1) is 7.08. The average Bonchev–Trinajstić information content (AvgIpc) is 3.09. The van der Waals surface area contributed by atoms with Gasteiger partial charge in [0.15, 0.2) is 0 Å². The highest BCUT2D eigenvalue weighted by molar-refractivity contribution is 5.31. The Hall–Kier alpha value is -1.07. The van der Waals surface area contributed by atoms with E-state index in [4.69, 9.17) is 0 Å².